The third-order valence-electron chi connectivity index (χ3n) is 19.2. The van der Waals surface area contributed by atoms with Gasteiger partial charge in [0.1, 0.15) is 71.3 Å². The van der Waals surface area contributed by atoms with Crippen molar-refractivity contribution >= 4 is 90.5 Å². The van der Waals surface area contributed by atoms with Gasteiger partial charge in [0.25, 0.3) is 23.6 Å². The van der Waals surface area contributed by atoms with Gasteiger partial charge in [0.15, 0.2) is 0 Å². The van der Waals surface area contributed by atoms with Crippen LogP contribution in [-0.2, 0) is 75.7 Å². The molecule has 114 heavy (non-hydrogen) atoms. The van der Waals surface area contributed by atoms with Gasteiger partial charge in [-0.3, -0.25) is 38.6 Å². The van der Waals surface area contributed by atoms with Gasteiger partial charge in [-0.1, -0.05) is 84.9 Å². The lowest BCUT2D eigenvalue weighted by Crippen LogP contribution is -2.52. The van der Waals surface area contributed by atoms with Gasteiger partial charge >= 0.3 is 36.6 Å². The first-order valence-electron chi connectivity index (χ1n) is 35.0. The second kappa shape index (κ2) is 30.0. The van der Waals surface area contributed by atoms with Crippen LogP contribution in [0.25, 0.3) is 43.1 Å². The molecule has 4 aliphatic rings. The first kappa shape index (κ1) is 76.5. The van der Waals surface area contributed by atoms with Gasteiger partial charge in [0.2, 0.25) is 11.8 Å². The normalized spacial score (nSPS) is 16.0. The summed E-state index contributed by atoms with van der Waals surface area (Å²) in [5, 5.41) is 0.619. The number of nitrogens with one attached hydrogen (secondary N) is 2. The fraction of sp³-hybridized carbons (Fsp3) is 0.220. The predicted octanol–water partition coefficient (Wildman–Crippen LogP) is 16.3. The average Bonchev–Trinajstić information content (AvgIpc) is 0.948. The number of alkyl halides is 12. The Hall–Kier alpha value is -12.8. The molecule has 2 fully saturated rings. The van der Waals surface area contributed by atoms with Crippen LogP contribution in [0.5, 0.6) is 46.0 Å². The SMILES string of the molecule is O=C(CCOC(=O)C(Cc1ccccc1)N1C(=O)c2cc(Oc3cccc(C(F)(F)F)c3)c3c4c(Oc5cccc(C(F)(F)F)c5)cc5c6c(cc(Oc7cccc(C(F)(F)F)c7)c(c7c(Oc8cccc(C(F)(F)F)c8)cc(c2c37)C1=O)c64)C(=O)N(C(Cc1ccccc1)C(=O)OCCC(=O)NCC1CO1)C5=O)NCC1CO1. The number of halogens is 12. The van der Waals surface area contributed by atoms with Crippen LogP contribution in [-0.4, -0.2) is 121 Å². The zero-order valence-corrected chi connectivity index (χ0v) is 58.7. The van der Waals surface area contributed by atoms with Gasteiger partial charge in [-0.05, 0) is 108 Å². The highest BCUT2D eigenvalue weighted by atomic mass is 19.4. The molecule has 11 aromatic carbocycles. The van der Waals surface area contributed by atoms with Crippen molar-refractivity contribution in [3.05, 3.63) is 238 Å². The number of nitrogens with zero attached hydrogens (tertiary/aromatic N) is 2. The number of fused-ring (bicyclic) bond motifs is 2. The van der Waals surface area contributed by atoms with Crippen LogP contribution in [0.15, 0.2) is 182 Å². The van der Waals surface area contributed by atoms with E-state index in [2.05, 4.69) is 10.6 Å². The highest BCUT2D eigenvalue weighted by molar-refractivity contribution is 6.45. The summed E-state index contributed by atoms with van der Waals surface area (Å²) in [6.45, 7) is -0.334. The summed E-state index contributed by atoms with van der Waals surface area (Å²) in [5.74, 6) is -15.5. The van der Waals surface area contributed by atoms with E-state index < -0.39 is 257 Å². The Kier molecular flexibility index (Phi) is 20.1. The molecule has 0 aliphatic carbocycles. The number of amides is 6. The number of carbonyl (C=O) groups excluding carboxylic acids is 8. The largest absolute Gasteiger partial charge is 0.464 e. The van der Waals surface area contributed by atoms with Crippen LogP contribution >= 0.6 is 0 Å². The number of esters is 2. The molecule has 32 heteroatoms. The maximum atomic E-state index is 16.3. The zero-order chi connectivity index (χ0) is 80.4. The molecule has 0 spiro atoms. The van der Waals surface area contributed by atoms with Gasteiger partial charge in [0, 0.05) is 69.0 Å². The quantitative estimate of drug-likeness (QED) is 0.0128. The number of hydrogen-bond acceptors (Lipinski definition) is 16. The minimum atomic E-state index is -5.13. The van der Waals surface area contributed by atoms with Gasteiger partial charge in [-0.2, -0.15) is 52.7 Å². The van der Waals surface area contributed by atoms with E-state index in [1.807, 2.05) is 0 Å². The highest BCUT2D eigenvalue weighted by Crippen LogP contribution is 2.59. The summed E-state index contributed by atoms with van der Waals surface area (Å²) in [5.41, 5.74) is -7.61. The summed E-state index contributed by atoms with van der Waals surface area (Å²) in [6.07, 6.45) is -23.1. The molecule has 0 radical (unpaired) electrons. The van der Waals surface area contributed by atoms with Crippen molar-refractivity contribution in [2.75, 3.05) is 39.5 Å². The van der Waals surface area contributed by atoms with Crippen LogP contribution in [0.1, 0.15) is 87.7 Å². The Morgan fingerprint density at radius 3 is 0.895 bits per heavy atom. The van der Waals surface area contributed by atoms with Gasteiger partial charge in [-0.25, -0.2) is 9.59 Å². The molecule has 15 rings (SSSR count). The van der Waals surface area contributed by atoms with E-state index >= 15 is 19.2 Å². The number of rotatable bonds is 26. The van der Waals surface area contributed by atoms with E-state index in [1.165, 1.54) is 24.3 Å². The van der Waals surface area contributed by atoms with Crippen molar-refractivity contribution in [3.63, 3.8) is 0 Å². The molecule has 6 amide bonds. The fourth-order valence-electron chi connectivity index (χ4n) is 13.8. The molecule has 20 nitrogen and oxygen atoms in total. The van der Waals surface area contributed by atoms with Crippen LogP contribution in [0.2, 0.25) is 0 Å². The molecule has 4 aliphatic heterocycles. The monoisotopic (exact) mass is 1580 g/mol. The number of imide groups is 2. The lowest BCUT2D eigenvalue weighted by Gasteiger charge is -2.35. The summed E-state index contributed by atoms with van der Waals surface area (Å²) >= 11 is 0. The maximum Gasteiger partial charge on any atom is 0.416 e. The number of epoxide rings is 2. The van der Waals surface area contributed by atoms with E-state index in [0.717, 1.165) is 72.8 Å². The Morgan fingerprint density at radius 1 is 0.368 bits per heavy atom. The molecule has 11 aromatic rings. The molecule has 0 aromatic heterocycles. The minimum absolute atomic E-state index is 0.112. The molecule has 4 heterocycles. The summed E-state index contributed by atoms with van der Waals surface area (Å²) in [6, 6.07) is 27.2. The summed E-state index contributed by atoms with van der Waals surface area (Å²) in [4.78, 5) is 122. The molecular formula is C82H56F12N4O16. The Bertz CT molecular complexity index is 5140. The molecule has 2 N–H and O–H groups in total. The van der Waals surface area contributed by atoms with Crippen LogP contribution < -0.4 is 29.6 Å². The van der Waals surface area contributed by atoms with Crippen LogP contribution in [0, 0.1) is 0 Å². The minimum Gasteiger partial charge on any atom is -0.464 e. The predicted molar refractivity (Wildman–Crippen MR) is 379 cm³/mol. The van der Waals surface area contributed by atoms with E-state index in [9.17, 15) is 71.9 Å². The molecule has 0 bridgehead atoms. The standard InChI is InChI=1S/C82H56F12N4O16/c83-79(84,85)43-15-7-19-47(29-43)111-59-33-53-65-54(74(102)97(73(53)101)57(27-41-11-3-1-4-12-41)77(105)107-25-23-63(99)95-37-51-39-109-51)34-60(112-48-20-8-16-44(30-48)80(86,87)88)68-70-62(114-50-22-10-18-46(32-50)82(92,93)94)36-56-66-55(35-61(69(72(66)70)67(59)71(65)68)113-49-21-9-17-45(31-49)81(89,90)91)75(103)98(76(56)104)58(28-42-13-5-2-6-14-42)78(106)108-26-24-64(100)96-38-52-40-110-52/h1-22,29-36,51-52,57-58H,23-28,37-40H2,(H,95,99)(H,96,100). The first-order chi connectivity index (χ1) is 54.3. The van der Waals surface area contributed by atoms with Crippen molar-refractivity contribution in [2.45, 2.75) is 74.7 Å². The lowest BCUT2D eigenvalue weighted by atomic mass is 9.80. The second-order valence-electron chi connectivity index (χ2n) is 26.9. The zero-order valence-electron chi connectivity index (χ0n) is 58.7. The van der Waals surface area contributed by atoms with Crippen LogP contribution in [0.4, 0.5) is 52.7 Å². The molecule has 584 valence electrons. The summed E-state index contributed by atoms with van der Waals surface area (Å²) < 4.78 is 228. The van der Waals surface area contributed by atoms with Gasteiger partial charge in [0.05, 0.1) is 82.8 Å². The lowest BCUT2D eigenvalue weighted by molar-refractivity contribution is -0.150. The molecule has 2 saturated heterocycles. The van der Waals surface area contributed by atoms with E-state index in [-0.39, 0.29) is 36.4 Å². The van der Waals surface area contributed by atoms with Crippen molar-refractivity contribution in [2.24, 2.45) is 0 Å². The Labute approximate surface area is 635 Å². The van der Waals surface area contributed by atoms with Crippen LogP contribution in [0.3, 0.4) is 0 Å². The third-order valence-corrected chi connectivity index (χ3v) is 19.2. The smallest absolute Gasteiger partial charge is 0.416 e. The number of carbonyl (C=O) groups is 8. The van der Waals surface area contributed by atoms with Crippen molar-refractivity contribution < 1.29 is 129 Å². The Balaban J connectivity index is 1.06. The number of benzene rings is 11. The molecular weight excluding hydrogens is 1520 g/mol. The van der Waals surface area contributed by atoms with E-state index in [0.29, 0.717) is 71.5 Å². The van der Waals surface area contributed by atoms with Gasteiger partial charge < -0.3 is 48.5 Å². The molecule has 4 unspecified atom stereocenters. The van der Waals surface area contributed by atoms with Crippen molar-refractivity contribution in [1.82, 2.24) is 20.4 Å². The molecule has 0 saturated carbocycles. The average molecular weight is 1580 g/mol. The topological polar surface area (TPSA) is 248 Å². The number of ether oxygens (including phenoxy) is 8. The first-order valence-corrected chi connectivity index (χ1v) is 35.0. The van der Waals surface area contributed by atoms with E-state index in [4.69, 9.17) is 37.9 Å². The van der Waals surface area contributed by atoms with E-state index in [1.54, 1.807) is 36.4 Å². The van der Waals surface area contributed by atoms with Crippen molar-refractivity contribution in [1.29, 1.82) is 0 Å². The number of hydrogen-bond donors (Lipinski definition) is 2. The highest BCUT2D eigenvalue weighted by Gasteiger charge is 2.48. The molecule has 4 atom stereocenters. The second-order valence-corrected chi connectivity index (χ2v) is 26.9. The third kappa shape index (κ3) is 15.6. The maximum absolute atomic E-state index is 16.3. The van der Waals surface area contributed by atoms with Crippen molar-refractivity contribution in [3.8, 4) is 46.0 Å². The van der Waals surface area contributed by atoms with Gasteiger partial charge in [-0.15, -0.1) is 0 Å². The summed E-state index contributed by atoms with van der Waals surface area (Å²) in [7, 11) is 0. The fourth-order valence-corrected chi connectivity index (χ4v) is 13.8. The Morgan fingerprint density at radius 2 is 0.640 bits per heavy atom.